The van der Waals surface area contributed by atoms with Gasteiger partial charge >= 0.3 is 5.97 Å². The number of nitrogens with zero attached hydrogens (tertiary/aromatic N) is 3. The van der Waals surface area contributed by atoms with E-state index >= 15 is 0 Å². The molecule has 0 saturated carbocycles. The second-order valence-electron chi connectivity index (χ2n) is 4.50. The number of aromatic carboxylic acids is 1. The number of hydrogen-bond donors (Lipinski definition) is 2. The average molecular weight is 306 g/mol. The molecule has 0 aliphatic carbocycles. The minimum atomic E-state index is -1.24. The lowest BCUT2D eigenvalue weighted by Crippen LogP contribution is -2.27. The minimum Gasteiger partial charge on any atom is -0.478 e. The van der Waals surface area contributed by atoms with Crippen molar-refractivity contribution < 1.29 is 19.4 Å². The molecule has 116 valence electrons. The van der Waals surface area contributed by atoms with Crippen molar-refractivity contribution in [3.05, 3.63) is 27.5 Å². The molecule has 2 rings (SSSR count). The van der Waals surface area contributed by atoms with Gasteiger partial charge in [0.25, 0.3) is 5.56 Å². The summed E-state index contributed by atoms with van der Waals surface area (Å²) in [5.41, 5.74) is -0.0256. The Hall–Kier alpha value is -2.81. The van der Waals surface area contributed by atoms with Crippen molar-refractivity contribution in [3.8, 4) is 0 Å². The predicted molar refractivity (Wildman–Crippen MR) is 77.1 cm³/mol. The molecule has 0 spiro atoms. The van der Waals surface area contributed by atoms with E-state index in [1.807, 2.05) is 0 Å². The van der Waals surface area contributed by atoms with Crippen LogP contribution < -0.4 is 10.9 Å². The molecule has 0 fully saturated rings. The molecule has 0 atom stereocenters. The van der Waals surface area contributed by atoms with Gasteiger partial charge in [-0.2, -0.15) is 0 Å². The molecule has 9 heteroatoms. The van der Waals surface area contributed by atoms with E-state index in [2.05, 4.69) is 15.6 Å². The molecule has 22 heavy (non-hydrogen) atoms. The van der Waals surface area contributed by atoms with Crippen molar-refractivity contribution in [2.24, 2.45) is 0 Å². The molecule has 2 N–H and O–H groups in total. The number of carbonyl (C=O) groups is 2. The molecule has 1 amide bonds. The number of anilines is 1. The van der Waals surface area contributed by atoms with Crippen LogP contribution >= 0.6 is 0 Å². The zero-order chi connectivity index (χ0) is 16.3. The summed E-state index contributed by atoms with van der Waals surface area (Å²) in [5.74, 6) is -1.24. The third-order valence-corrected chi connectivity index (χ3v) is 3.21. The molecule has 0 aliphatic rings. The number of methoxy groups -OCH3 is 1. The van der Waals surface area contributed by atoms with Gasteiger partial charge in [-0.25, -0.2) is 9.48 Å². The lowest BCUT2D eigenvalue weighted by molar-refractivity contribution is -0.105. The lowest BCUT2D eigenvalue weighted by atomic mass is 10.0. The number of carbonyl (C=O) groups excluding carboxylic acids is 1. The van der Waals surface area contributed by atoms with Crippen LogP contribution in [0.3, 0.4) is 0 Å². The fraction of sp³-hybridized carbons (Fsp3) is 0.308. The van der Waals surface area contributed by atoms with E-state index in [0.29, 0.717) is 12.0 Å². The van der Waals surface area contributed by atoms with E-state index in [-0.39, 0.29) is 35.3 Å². The van der Waals surface area contributed by atoms with Gasteiger partial charge < -0.3 is 15.2 Å². The van der Waals surface area contributed by atoms with Crippen LogP contribution in [0, 0.1) is 6.92 Å². The molecule has 0 radical (unpaired) electrons. The van der Waals surface area contributed by atoms with Crippen LogP contribution in [0.4, 0.5) is 5.69 Å². The molecule has 0 unspecified atom stereocenters. The SMILES string of the molecule is COCCn1nnc2cc(C(=O)O)c(NC=O)c(C)c2c1=O. The number of amides is 1. The highest BCUT2D eigenvalue weighted by molar-refractivity contribution is 6.03. The fourth-order valence-electron chi connectivity index (χ4n) is 2.16. The third kappa shape index (κ3) is 2.66. The standard InChI is InChI=1S/C13H14N4O5/c1-7-10-9(5-8(13(20)21)11(7)14-6-18)15-16-17(12(10)19)3-4-22-2/h5-6H,3-4H2,1-2H3,(H,14,18)(H,20,21). The number of carboxylic acids is 1. The molecule has 0 bridgehead atoms. The van der Waals surface area contributed by atoms with Crippen LogP contribution in [0.1, 0.15) is 15.9 Å². The van der Waals surface area contributed by atoms with E-state index < -0.39 is 11.5 Å². The highest BCUT2D eigenvalue weighted by Gasteiger charge is 2.19. The second kappa shape index (κ2) is 6.31. The zero-order valence-corrected chi connectivity index (χ0v) is 12.0. The molecule has 2 aromatic rings. The van der Waals surface area contributed by atoms with Crippen molar-refractivity contribution in [3.63, 3.8) is 0 Å². The molecule has 0 saturated heterocycles. The Balaban J connectivity index is 2.77. The van der Waals surface area contributed by atoms with Gasteiger partial charge in [0.1, 0.15) is 5.52 Å². The number of hydrogen-bond acceptors (Lipinski definition) is 6. The molecule has 9 nitrogen and oxygen atoms in total. The largest absolute Gasteiger partial charge is 0.478 e. The van der Waals surface area contributed by atoms with Crippen molar-refractivity contribution in [2.75, 3.05) is 19.0 Å². The highest BCUT2D eigenvalue weighted by Crippen LogP contribution is 2.26. The van der Waals surface area contributed by atoms with Crippen molar-refractivity contribution in [1.29, 1.82) is 0 Å². The first-order valence-electron chi connectivity index (χ1n) is 6.34. The summed E-state index contributed by atoms with van der Waals surface area (Å²) in [5, 5.41) is 19.4. The summed E-state index contributed by atoms with van der Waals surface area (Å²) in [7, 11) is 1.50. The van der Waals surface area contributed by atoms with Gasteiger partial charge in [0, 0.05) is 7.11 Å². The maximum Gasteiger partial charge on any atom is 0.337 e. The summed E-state index contributed by atoms with van der Waals surface area (Å²) >= 11 is 0. The number of ether oxygens (including phenoxy) is 1. The maximum atomic E-state index is 12.4. The Morgan fingerprint density at radius 3 is 2.86 bits per heavy atom. The van der Waals surface area contributed by atoms with E-state index in [9.17, 15) is 19.5 Å². The summed E-state index contributed by atoms with van der Waals surface area (Å²) in [6, 6.07) is 1.21. The van der Waals surface area contributed by atoms with Gasteiger partial charge in [0.05, 0.1) is 29.8 Å². The van der Waals surface area contributed by atoms with Crippen LogP contribution in [0.15, 0.2) is 10.9 Å². The lowest BCUT2D eigenvalue weighted by Gasteiger charge is -2.12. The summed E-state index contributed by atoms with van der Waals surface area (Å²) in [6.07, 6.45) is 0.360. The quantitative estimate of drug-likeness (QED) is 0.720. The Morgan fingerprint density at radius 1 is 1.55 bits per heavy atom. The first kappa shape index (κ1) is 15.6. The monoisotopic (exact) mass is 306 g/mol. The Morgan fingerprint density at radius 2 is 2.27 bits per heavy atom. The second-order valence-corrected chi connectivity index (χ2v) is 4.50. The Labute approximate surface area is 124 Å². The molecule has 1 aromatic heterocycles. The summed E-state index contributed by atoms with van der Waals surface area (Å²) in [6.45, 7) is 2.05. The van der Waals surface area contributed by atoms with Gasteiger partial charge in [-0.15, -0.1) is 5.10 Å². The first-order valence-corrected chi connectivity index (χ1v) is 6.34. The van der Waals surface area contributed by atoms with Crippen LogP contribution in [0.2, 0.25) is 0 Å². The Kier molecular flexibility index (Phi) is 4.47. The van der Waals surface area contributed by atoms with Gasteiger partial charge in [-0.3, -0.25) is 9.59 Å². The number of aromatic nitrogens is 3. The summed E-state index contributed by atoms with van der Waals surface area (Å²) in [4.78, 5) is 34.4. The van der Waals surface area contributed by atoms with E-state index in [1.54, 1.807) is 6.92 Å². The van der Waals surface area contributed by atoms with Gasteiger partial charge in [0.15, 0.2) is 0 Å². The number of fused-ring (bicyclic) bond motifs is 1. The molecule has 1 heterocycles. The topological polar surface area (TPSA) is 123 Å². The van der Waals surface area contributed by atoms with Gasteiger partial charge in [-0.05, 0) is 18.6 Å². The van der Waals surface area contributed by atoms with Crippen molar-refractivity contribution >= 4 is 29.0 Å². The van der Waals surface area contributed by atoms with Crippen LogP contribution in [-0.4, -0.2) is 46.2 Å². The normalized spacial score (nSPS) is 10.6. The molecule has 0 aliphatic heterocycles. The third-order valence-electron chi connectivity index (χ3n) is 3.21. The number of carboxylic acid groups (broad SMARTS) is 1. The summed E-state index contributed by atoms with van der Waals surface area (Å²) < 4.78 is 6.02. The van der Waals surface area contributed by atoms with Crippen LogP contribution in [0.5, 0.6) is 0 Å². The zero-order valence-electron chi connectivity index (χ0n) is 12.0. The van der Waals surface area contributed by atoms with E-state index in [0.717, 1.165) is 4.68 Å². The fourth-order valence-corrected chi connectivity index (χ4v) is 2.16. The number of aryl methyl sites for hydroxylation is 1. The van der Waals surface area contributed by atoms with Crippen molar-refractivity contribution in [1.82, 2.24) is 15.0 Å². The van der Waals surface area contributed by atoms with Crippen LogP contribution in [-0.2, 0) is 16.1 Å². The Bertz CT molecular complexity index is 799. The van der Waals surface area contributed by atoms with E-state index in [1.165, 1.54) is 13.2 Å². The molecule has 1 aromatic carbocycles. The number of benzene rings is 1. The smallest absolute Gasteiger partial charge is 0.337 e. The minimum absolute atomic E-state index is 0.0680. The van der Waals surface area contributed by atoms with Crippen LogP contribution in [0.25, 0.3) is 10.9 Å². The number of rotatable bonds is 6. The van der Waals surface area contributed by atoms with Crippen molar-refractivity contribution in [2.45, 2.75) is 13.5 Å². The van der Waals surface area contributed by atoms with Gasteiger partial charge in [0.2, 0.25) is 6.41 Å². The maximum absolute atomic E-state index is 12.4. The highest BCUT2D eigenvalue weighted by atomic mass is 16.5. The first-order chi connectivity index (χ1) is 10.5. The molecular weight excluding hydrogens is 292 g/mol. The number of nitrogens with one attached hydrogen (secondary N) is 1. The average Bonchev–Trinajstić information content (AvgIpc) is 2.48. The predicted octanol–water partition coefficient (Wildman–Crippen LogP) is 0.0128. The van der Waals surface area contributed by atoms with E-state index in [4.69, 9.17) is 4.74 Å². The van der Waals surface area contributed by atoms with Gasteiger partial charge in [-0.1, -0.05) is 5.21 Å². The molecular formula is C13H14N4O5.